The molecule has 0 aliphatic heterocycles. The maximum atomic E-state index is 13.1. The van der Waals surface area contributed by atoms with Gasteiger partial charge in [-0.3, -0.25) is 4.57 Å². The summed E-state index contributed by atoms with van der Waals surface area (Å²) in [6.45, 7) is 1.78. The van der Waals surface area contributed by atoms with E-state index >= 15 is 0 Å². The van der Waals surface area contributed by atoms with Crippen molar-refractivity contribution in [2.75, 3.05) is 0 Å². The van der Waals surface area contributed by atoms with E-state index in [0.29, 0.717) is 12.2 Å². The van der Waals surface area contributed by atoms with Crippen LogP contribution in [0.1, 0.15) is 12.7 Å². The number of nitrogens with zero attached hydrogens (tertiary/aromatic N) is 3. The predicted molar refractivity (Wildman–Crippen MR) is 55.6 cm³/mol. The predicted octanol–water partition coefficient (Wildman–Crippen LogP) is 2.90. The fourth-order valence-electron chi connectivity index (χ4n) is 1.45. The van der Waals surface area contributed by atoms with E-state index in [1.54, 1.807) is 6.92 Å². The standard InChI is InChI=1S/C10H7ClF3N3/c1-2-8-15-16-10(11)17(8)5-3-6(12)9(14)7(13)4-5/h3-4H,2H2,1H3. The van der Waals surface area contributed by atoms with Crippen LogP contribution in [0.25, 0.3) is 5.69 Å². The zero-order valence-electron chi connectivity index (χ0n) is 8.72. The quantitative estimate of drug-likeness (QED) is 0.778. The molecule has 1 aromatic heterocycles. The van der Waals surface area contributed by atoms with Crippen LogP contribution in [0.5, 0.6) is 0 Å². The molecule has 0 bridgehead atoms. The van der Waals surface area contributed by atoms with E-state index in [9.17, 15) is 13.2 Å². The van der Waals surface area contributed by atoms with Gasteiger partial charge in [0, 0.05) is 18.6 Å². The first-order valence-electron chi connectivity index (χ1n) is 4.79. The first-order chi connectivity index (χ1) is 8.04. The lowest BCUT2D eigenvalue weighted by molar-refractivity contribution is 0.446. The van der Waals surface area contributed by atoms with Crippen LogP contribution in [0.3, 0.4) is 0 Å². The molecule has 90 valence electrons. The Morgan fingerprint density at radius 1 is 1.18 bits per heavy atom. The summed E-state index contributed by atoms with van der Waals surface area (Å²) < 4.78 is 40.2. The number of benzene rings is 1. The van der Waals surface area contributed by atoms with Crippen molar-refractivity contribution in [3.8, 4) is 5.69 Å². The molecule has 0 saturated heterocycles. The summed E-state index contributed by atoms with van der Waals surface area (Å²) in [6, 6.07) is 1.68. The molecule has 1 heterocycles. The highest BCUT2D eigenvalue weighted by molar-refractivity contribution is 6.28. The molecular formula is C10H7ClF3N3. The highest BCUT2D eigenvalue weighted by Crippen LogP contribution is 2.21. The summed E-state index contributed by atoms with van der Waals surface area (Å²) >= 11 is 5.75. The third-order valence-electron chi connectivity index (χ3n) is 2.23. The Hall–Kier alpha value is -1.56. The zero-order chi connectivity index (χ0) is 12.6. The third kappa shape index (κ3) is 2.00. The highest BCUT2D eigenvalue weighted by atomic mass is 35.5. The van der Waals surface area contributed by atoms with Gasteiger partial charge in [0.2, 0.25) is 5.28 Å². The van der Waals surface area contributed by atoms with E-state index < -0.39 is 17.5 Å². The van der Waals surface area contributed by atoms with Crippen molar-refractivity contribution in [3.63, 3.8) is 0 Å². The monoisotopic (exact) mass is 261 g/mol. The molecule has 0 spiro atoms. The lowest BCUT2D eigenvalue weighted by Gasteiger charge is -2.07. The topological polar surface area (TPSA) is 30.7 Å². The molecule has 0 N–H and O–H groups in total. The van der Waals surface area contributed by atoms with E-state index in [1.807, 2.05) is 0 Å². The third-order valence-corrected chi connectivity index (χ3v) is 2.48. The molecule has 0 saturated carbocycles. The van der Waals surface area contributed by atoms with Crippen molar-refractivity contribution >= 4 is 11.6 Å². The molecule has 1 aromatic carbocycles. The van der Waals surface area contributed by atoms with Gasteiger partial charge in [-0.2, -0.15) is 0 Å². The molecule has 7 heteroatoms. The van der Waals surface area contributed by atoms with Crippen LogP contribution in [0.4, 0.5) is 13.2 Å². The summed E-state index contributed by atoms with van der Waals surface area (Å²) in [6.07, 6.45) is 0.473. The smallest absolute Gasteiger partial charge is 0.229 e. The average molecular weight is 262 g/mol. The van der Waals surface area contributed by atoms with E-state index in [2.05, 4.69) is 10.2 Å². The minimum atomic E-state index is -1.52. The van der Waals surface area contributed by atoms with Crippen molar-refractivity contribution in [1.29, 1.82) is 0 Å². The summed E-state index contributed by atoms with van der Waals surface area (Å²) in [7, 11) is 0. The molecule has 0 radical (unpaired) electrons. The Bertz CT molecular complexity index is 545. The summed E-state index contributed by atoms with van der Waals surface area (Å²) in [5.74, 6) is -3.66. The van der Waals surface area contributed by atoms with Gasteiger partial charge >= 0.3 is 0 Å². The van der Waals surface area contributed by atoms with E-state index in [0.717, 1.165) is 12.1 Å². The molecular weight excluding hydrogens is 255 g/mol. The normalized spacial score (nSPS) is 10.9. The van der Waals surface area contributed by atoms with E-state index in [4.69, 9.17) is 11.6 Å². The molecule has 17 heavy (non-hydrogen) atoms. The van der Waals surface area contributed by atoms with Crippen LogP contribution in [-0.2, 0) is 6.42 Å². The first-order valence-corrected chi connectivity index (χ1v) is 5.17. The van der Waals surface area contributed by atoms with Gasteiger partial charge in [0.25, 0.3) is 0 Å². The van der Waals surface area contributed by atoms with Crippen molar-refractivity contribution in [3.05, 3.63) is 40.7 Å². The molecule has 2 aromatic rings. The second-order valence-electron chi connectivity index (χ2n) is 3.30. The van der Waals surface area contributed by atoms with Gasteiger partial charge in [-0.15, -0.1) is 10.2 Å². The Morgan fingerprint density at radius 3 is 2.29 bits per heavy atom. The molecule has 3 nitrogen and oxygen atoms in total. The van der Waals surface area contributed by atoms with Gasteiger partial charge in [0.15, 0.2) is 17.5 Å². The minimum absolute atomic E-state index is 0.0349. The second kappa shape index (κ2) is 4.37. The van der Waals surface area contributed by atoms with Gasteiger partial charge < -0.3 is 0 Å². The van der Waals surface area contributed by atoms with Crippen LogP contribution in [0, 0.1) is 17.5 Å². The van der Waals surface area contributed by atoms with Crippen molar-refractivity contribution < 1.29 is 13.2 Å². The largest absolute Gasteiger partial charge is 0.270 e. The summed E-state index contributed by atoms with van der Waals surface area (Å²) in [5, 5.41) is 7.29. The lowest BCUT2D eigenvalue weighted by atomic mass is 10.2. The Kier molecular flexibility index (Phi) is 3.06. The van der Waals surface area contributed by atoms with Crippen molar-refractivity contribution in [2.24, 2.45) is 0 Å². The lowest BCUT2D eigenvalue weighted by Crippen LogP contribution is -2.03. The molecule has 0 unspecified atom stereocenters. The molecule has 0 aliphatic carbocycles. The minimum Gasteiger partial charge on any atom is -0.270 e. The highest BCUT2D eigenvalue weighted by Gasteiger charge is 2.16. The number of aryl methyl sites for hydroxylation is 1. The molecule has 2 rings (SSSR count). The zero-order valence-corrected chi connectivity index (χ0v) is 9.47. The van der Waals surface area contributed by atoms with Gasteiger partial charge in [0.1, 0.15) is 5.82 Å². The fourth-order valence-corrected chi connectivity index (χ4v) is 1.68. The van der Waals surface area contributed by atoms with Crippen LogP contribution in [-0.4, -0.2) is 14.8 Å². The maximum Gasteiger partial charge on any atom is 0.229 e. The van der Waals surface area contributed by atoms with Gasteiger partial charge in [-0.05, 0) is 11.6 Å². The molecule has 0 aliphatic rings. The number of aromatic nitrogens is 3. The average Bonchev–Trinajstić information content (AvgIpc) is 2.66. The first kappa shape index (κ1) is 11.9. The number of rotatable bonds is 2. The fraction of sp³-hybridized carbons (Fsp3) is 0.200. The van der Waals surface area contributed by atoms with Gasteiger partial charge in [-0.1, -0.05) is 6.92 Å². The summed E-state index contributed by atoms with van der Waals surface area (Å²) in [4.78, 5) is 0. The molecule has 0 amide bonds. The Balaban J connectivity index is 2.64. The summed E-state index contributed by atoms with van der Waals surface area (Å²) in [5.41, 5.74) is 0.0493. The molecule has 0 atom stereocenters. The number of halogens is 4. The Morgan fingerprint density at radius 2 is 1.76 bits per heavy atom. The number of hydrogen-bond donors (Lipinski definition) is 0. The van der Waals surface area contributed by atoms with Gasteiger partial charge in [-0.25, -0.2) is 13.2 Å². The molecule has 0 fully saturated rings. The van der Waals surface area contributed by atoms with Crippen molar-refractivity contribution in [2.45, 2.75) is 13.3 Å². The van der Waals surface area contributed by atoms with E-state index in [1.165, 1.54) is 4.57 Å². The van der Waals surface area contributed by atoms with Crippen LogP contribution in [0.15, 0.2) is 12.1 Å². The van der Waals surface area contributed by atoms with Crippen LogP contribution < -0.4 is 0 Å². The number of hydrogen-bond acceptors (Lipinski definition) is 2. The van der Waals surface area contributed by atoms with E-state index in [-0.39, 0.29) is 11.0 Å². The van der Waals surface area contributed by atoms with Crippen molar-refractivity contribution in [1.82, 2.24) is 14.8 Å². The Labute approximate surface area is 99.8 Å². The maximum absolute atomic E-state index is 13.1. The van der Waals surface area contributed by atoms with Crippen LogP contribution in [0.2, 0.25) is 5.28 Å². The van der Waals surface area contributed by atoms with Crippen LogP contribution >= 0.6 is 11.6 Å². The SMILES string of the molecule is CCc1nnc(Cl)n1-c1cc(F)c(F)c(F)c1. The second-order valence-corrected chi connectivity index (χ2v) is 3.64. The van der Waals surface area contributed by atoms with Gasteiger partial charge in [0.05, 0.1) is 5.69 Å².